The Morgan fingerprint density at radius 1 is 1.30 bits per heavy atom. The first-order valence-electron chi connectivity index (χ1n) is 6.39. The van der Waals surface area contributed by atoms with Crippen molar-refractivity contribution in [2.45, 2.75) is 6.54 Å². The van der Waals surface area contributed by atoms with Crippen LogP contribution in [0.25, 0.3) is 0 Å². The summed E-state index contributed by atoms with van der Waals surface area (Å²) >= 11 is 5.33. The van der Waals surface area contributed by atoms with E-state index < -0.39 is 0 Å². The fourth-order valence-electron chi connectivity index (χ4n) is 2.25. The zero-order valence-electron chi connectivity index (χ0n) is 10.8. The number of nitrogens with one attached hydrogen (secondary N) is 2. The van der Waals surface area contributed by atoms with Crippen molar-refractivity contribution in [2.75, 3.05) is 18.2 Å². The fraction of sp³-hybridized carbons (Fsp3) is 0.214. The smallest absolute Gasteiger partial charge is 0.182 e. The Morgan fingerprint density at radius 3 is 2.80 bits per heavy atom. The molecule has 0 bridgehead atoms. The summed E-state index contributed by atoms with van der Waals surface area (Å²) in [5, 5.41) is 3.86. The largest absolute Gasteiger partial charge is 0.463 e. The Bertz CT molecular complexity index is 585. The summed E-state index contributed by atoms with van der Waals surface area (Å²) in [7, 11) is 0. The van der Waals surface area contributed by atoms with E-state index in [4.69, 9.17) is 16.6 Å². The zero-order valence-corrected chi connectivity index (χ0v) is 11.6. The second-order valence-corrected chi connectivity index (χ2v) is 5.11. The number of quaternary nitrogens is 1. The molecular weight excluding hydrogens is 277 g/mol. The first-order valence-corrected chi connectivity index (χ1v) is 6.80. The standard InChI is InChI=1S/C14H14FN3OS/c15-11-3-5-12(6-4-11)18-10-17(9-16-14(18)20)8-13-2-1-7-19-13/h1-7H,8-10H2,(H,16,20)/p+1. The van der Waals surface area contributed by atoms with Gasteiger partial charge in [-0.15, -0.1) is 0 Å². The van der Waals surface area contributed by atoms with Crippen LogP contribution < -0.4 is 15.1 Å². The molecule has 1 aromatic carbocycles. The van der Waals surface area contributed by atoms with Crippen molar-refractivity contribution in [3.8, 4) is 0 Å². The molecule has 104 valence electrons. The van der Waals surface area contributed by atoms with Gasteiger partial charge >= 0.3 is 0 Å². The maximum absolute atomic E-state index is 13.0. The third-order valence-electron chi connectivity index (χ3n) is 3.26. The second-order valence-electron chi connectivity index (χ2n) is 4.73. The van der Waals surface area contributed by atoms with Gasteiger partial charge in [0.15, 0.2) is 24.2 Å². The Kier molecular flexibility index (Phi) is 3.66. The quantitative estimate of drug-likeness (QED) is 0.831. The molecule has 0 radical (unpaired) electrons. The third-order valence-corrected chi connectivity index (χ3v) is 3.62. The van der Waals surface area contributed by atoms with Gasteiger partial charge in [0.1, 0.15) is 12.4 Å². The fourth-order valence-corrected chi connectivity index (χ4v) is 2.50. The molecular formula is C14H15FN3OS+. The van der Waals surface area contributed by atoms with Crippen molar-refractivity contribution in [3.63, 3.8) is 0 Å². The van der Waals surface area contributed by atoms with Crippen LogP contribution in [0.1, 0.15) is 5.76 Å². The number of hydrogen-bond donors (Lipinski definition) is 2. The lowest BCUT2D eigenvalue weighted by atomic mass is 10.3. The normalized spacial score (nSPS) is 18.9. The van der Waals surface area contributed by atoms with Crippen LogP contribution in [0.15, 0.2) is 47.1 Å². The van der Waals surface area contributed by atoms with Gasteiger partial charge in [0.05, 0.1) is 6.26 Å². The molecule has 1 fully saturated rings. The highest BCUT2D eigenvalue weighted by atomic mass is 32.1. The minimum atomic E-state index is -0.246. The lowest BCUT2D eigenvalue weighted by Gasteiger charge is -2.34. The molecule has 2 aromatic rings. The van der Waals surface area contributed by atoms with Crippen molar-refractivity contribution < 1.29 is 13.7 Å². The molecule has 2 N–H and O–H groups in total. The molecule has 20 heavy (non-hydrogen) atoms. The van der Waals surface area contributed by atoms with Crippen molar-refractivity contribution >= 4 is 23.0 Å². The molecule has 0 amide bonds. The zero-order chi connectivity index (χ0) is 13.9. The number of thiocarbonyl (C=S) groups is 1. The third kappa shape index (κ3) is 2.81. The second kappa shape index (κ2) is 5.60. The number of nitrogens with zero attached hydrogens (tertiary/aromatic N) is 1. The Labute approximate surface area is 121 Å². The minimum absolute atomic E-state index is 0.246. The van der Waals surface area contributed by atoms with Gasteiger partial charge in [-0.3, -0.25) is 9.80 Å². The van der Waals surface area contributed by atoms with E-state index in [0.717, 1.165) is 31.3 Å². The first-order chi connectivity index (χ1) is 9.72. The molecule has 0 aliphatic carbocycles. The summed E-state index contributed by atoms with van der Waals surface area (Å²) < 4.78 is 18.4. The van der Waals surface area contributed by atoms with Gasteiger partial charge in [-0.2, -0.15) is 0 Å². The van der Waals surface area contributed by atoms with Crippen LogP contribution in [0.4, 0.5) is 10.1 Å². The molecule has 6 heteroatoms. The molecule has 2 heterocycles. The van der Waals surface area contributed by atoms with Crippen LogP contribution in [0, 0.1) is 5.82 Å². The van der Waals surface area contributed by atoms with E-state index in [2.05, 4.69) is 5.32 Å². The molecule has 1 aromatic heterocycles. The van der Waals surface area contributed by atoms with E-state index >= 15 is 0 Å². The van der Waals surface area contributed by atoms with Crippen LogP contribution in [0.5, 0.6) is 0 Å². The summed E-state index contributed by atoms with van der Waals surface area (Å²) in [5.41, 5.74) is 0.889. The van der Waals surface area contributed by atoms with E-state index in [1.807, 2.05) is 17.0 Å². The molecule has 4 nitrogen and oxygen atoms in total. The summed E-state index contributed by atoms with van der Waals surface area (Å²) in [4.78, 5) is 3.24. The highest BCUT2D eigenvalue weighted by Gasteiger charge is 2.25. The summed E-state index contributed by atoms with van der Waals surface area (Å²) in [6, 6.07) is 10.2. The van der Waals surface area contributed by atoms with Gasteiger partial charge < -0.3 is 9.73 Å². The van der Waals surface area contributed by atoms with Crippen LogP contribution in [-0.4, -0.2) is 18.4 Å². The van der Waals surface area contributed by atoms with Crippen LogP contribution in [-0.2, 0) is 6.54 Å². The van der Waals surface area contributed by atoms with Crippen LogP contribution in [0.2, 0.25) is 0 Å². The molecule has 3 rings (SSSR count). The lowest BCUT2D eigenvalue weighted by Crippen LogP contribution is -3.16. The topological polar surface area (TPSA) is 32.9 Å². The number of hydrogen-bond acceptors (Lipinski definition) is 2. The maximum atomic E-state index is 13.0. The molecule has 1 atom stereocenters. The predicted octanol–water partition coefficient (Wildman–Crippen LogP) is 1.11. The van der Waals surface area contributed by atoms with Crippen molar-refractivity contribution in [1.82, 2.24) is 5.32 Å². The predicted molar refractivity (Wildman–Crippen MR) is 77.7 cm³/mol. The Hall–Kier alpha value is -1.92. The maximum Gasteiger partial charge on any atom is 0.182 e. The van der Waals surface area contributed by atoms with Gasteiger partial charge in [-0.1, -0.05) is 0 Å². The highest BCUT2D eigenvalue weighted by molar-refractivity contribution is 7.80. The van der Waals surface area contributed by atoms with Crippen molar-refractivity contribution in [3.05, 3.63) is 54.2 Å². The van der Waals surface area contributed by atoms with Gasteiger partial charge in [0.25, 0.3) is 0 Å². The Balaban J connectivity index is 1.73. The van der Waals surface area contributed by atoms with Gasteiger partial charge in [0, 0.05) is 5.69 Å². The molecule has 1 unspecified atom stereocenters. The molecule has 1 saturated heterocycles. The SMILES string of the molecule is Fc1ccc(N2C[NH+](Cc3ccco3)CNC2=S)cc1. The Morgan fingerprint density at radius 2 is 2.10 bits per heavy atom. The minimum Gasteiger partial charge on any atom is -0.463 e. The monoisotopic (exact) mass is 292 g/mol. The summed E-state index contributed by atoms with van der Waals surface area (Å²) in [5.74, 6) is 0.693. The van der Waals surface area contributed by atoms with E-state index in [0.29, 0.717) is 5.11 Å². The van der Waals surface area contributed by atoms with Crippen molar-refractivity contribution in [1.29, 1.82) is 0 Å². The number of furan rings is 1. The van der Waals surface area contributed by atoms with E-state index in [1.165, 1.54) is 17.0 Å². The first kappa shape index (κ1) is 13.1. The van der Waals surface area contributed by atoms with E-state index in [1.54, 1.807) is 18.4 Å². The van der Waals surface area contributed by atoms with Crippen LogP contribution >= 0.6 is 12.2 Å². The van der Waals surface area contributed by atoms with Crippen LogP contribution in [0.3, 0.4) is 0 Å². The van der Waals surface area contributed by atoms with E-state index in [-0.39, 0.29) is 5.82 Å². The molecule has 0 spiro atoms. The van der Waals surface area contributed by atoms with E-state index in [9.17, 15) is 4.39 Å². The highest BCUT2D eigenvalue weighted by Crippen LogP contribution is 2.14. The molecule has 0 saturated carbocycles. The molecule has 1 aliphatic heterocycles. The van der Waals surface area contributed by atoms with Gasteiger partial charge in [-0.25, -0.2) is 4.39 Å². The summed E-state index contributed by atoms with van der Waals surface area (Å²) in [6.07, 6.45) is 1.68. The van der Waals surface area contributed by atoms with Gasteiger partial charge in [0.2, 0.25) is 0 Å². The summed E-state index contributed by atoms with van der Waals surface area (Å²) in [6.45, 7) is 2.25. The lowest BCUT2D eigenvalue weighted by molar-refractivity contribution is -0.917. The average molecular weight is 292 g/mol. The number of rotatable bonds is 3. The average Bonchev–Trinajstić information content (AvgIpc) is 2.95. The molecule has 1 aliphatic rings. The number of halogens is 1. The number of anilines is 1. The van der Waals surface area contributed by atoms with Gasteiger partial charge in [-0.05, 0) is 48.6 Å². The van der Waals surface area contributed by atoms with Crippen molar-refractivity contribution in [2.24, 2.45) is 0 Å². The number of benzene rings is 1.